The Labute approximate surface area is 155 Å². The van der Waals surface area contributed by atoms with Gasteiger partial charge in [0.2, 0.25) is 0 Å². The van der Waals surface area contributed by atoms with E-state index in [0.717, 1.165) is 38.3 Å². The van der Waals surface area contributed by atoms with Gasteiger partial charge in [-0.15, -0.1) is 0 Å². The molecule has 0 saturated carbocycles. The second-order valence-corrected chi connectivity index (χ2v) is 6.48. The number of hydrogen-bond donors (Lipinski definition) is 1. The zero-order valence-electron chi connectivity index (χ0n) is 14.7. The van der Waals surface area contributed by atoms with E-state index in [9.17, 15) is 4.79 Å². The van der Waals surface area contributed by atoms with Gasteiger partial charge in [0.25, 0.3) is 0 Å². The van der Waals surface area contributed by atoms with Crippen LogP contribution < -0.4 is 0 Å². The highest BCUT2D eigenvalue weighted by Gasteiger charge is 2.17. The van der Waals surface area contributed by atoms with Crippen LogP contribution in [0.3, 0.4) is 0 Å². The number of nitrogens with zero attached hydrogens (tertiary/aromatic N) is 1. The largest absolute Gasteiger partial charge is 0.465 e. The SMILES string of the molecule is COC(=O)c1ccccc1-c1cc2[nH]c3cnccc3c2c2ccccc12. The molecule has 4 nitrogen and oxygen atoms in total. The van der Waals surface area contributed by atoms with Gasteiger partial charge in [-0.25, -0.2) is 4.79 Å². The number of fused-ring (bicyclic) bond motifs is 5. The Bertz CT molecular complexity index is 1330. The minimum absolute atomic E-state index is 0.337. The highest BCUT2D eigenvalue weighted by atomic mass is 16.5. The van der Waals surface area contributed by atoms with Crippen molar-refractivity contribution in [3.8, 4) is 11.1 Å². The standard InChI is InChI=1S/C23H16N2O2/c1-27-23(26)17-9-5-3-7-15(17)19-12-20-22(16-8-4-2-6-14(16)19)18-10-11-24-13-21(18)25-20/h2-13,25H,1H3. The molecular formula is C23H16N2O2. The summed E-state index contributed by atoms with van der Waals surface area (Å²) in [6.45, 7) is 0. The zero-order chi connectivity index (χ0) is 18.4. The molecule has 0 aliphatic rings. The van der Waals surface area contributed by atoms with Gasteiger partial charge in [0, 0.05) is 22.5 Å². The van der Waals surface area contributed by atoms with Crippen LogP contribution in [0.4, 0.5) is 0 Å². The lowest BCUT2D eigenvalue weighted by Gasteiger charge is -2.12. The number of pyridine rings is 1. The maximum absolute atomic E-state index is 12.3. The fourth-order valence-corrected chi connectivity index (χ4v) is 3.85. The monoisotopic (exact) mass is 352 g/mol. The second-order valence-electron chi connectivity index (χ2n) is 6.48. The van der Waals surface area contributed by atoms with E-state index in [0.29, 0.717) is 5.56 Å². The second kappa shape index (κ2) is 5.95. The number of H-pyrrole nitrogens is 1. The lowest BCUT2D eigenvalue weighted by atomic mass is 9.92. The Morgan fingerprint density at radius 2 is 1.67 bits per heavy atom. The van der Waals surface area contributed by atoms with Crippen molar-refractivity contribution >= 4 is 38.5 Å². The Balaban J connectivity index is 1.94. The summed E-state index contributed by atoms with van der Waals surface area (Å²) in [6, 6.07) is 20.0. The Morgan fingerprint density at radius 3 is 2.52 bits per heavy atom. The Morgan fingerprint density at radius 1 is 0.889 bits per heavy atom. The first-order chi connectivity index (χ1) is 13.3. The van der Waals surface area contributed by atoms with Crippen LogP contribution in [0.1, 0.15) is 10.4 Å². The molecule has 2 aromatic heterocycles. The number of benzene rings is 3. The van der Waals surface area contributed by atoms with Gasteiger partial charge in [0.15, 0.2) is 0 Å². The van der Waals surface area contributed by atoms with Crippen molar-refractivity contribution in [3.63, 3.8) is 0 Å². The smallest absolute Gasteiger partial charge is 0.338 e. The lowest BCUT2D eigenvalue weighted by molar-refractivity contribution is 0.0601. The van der Waals surface area contributed by atoms with E-state index in [1.54, 1.807) is 6.07 Å². The quantitative estimate of drug-likeness (QED) is 0.437. The van der Waals surface area contributed by atoms with Crippen molar-refractivity contribution in [2.75, 3.05) is 7.11 Å². The van der Waals surface area contributed by atoms with Crippen LogP contribution in [0, 0.1) is 0 Å². The van der Waals surface area contributed by atoms with Crippen LogP contribution in [0.25, 0.3) is 43.7 Å². The van der Waals surface area contributed by atoms with Gasteiger partial charge in [0.1, 0.15) is 0 Å². The number of rotatable bonds is 2. The van der Waals surface area contributed by atoms with Crippen LogP contribution in [-0.2, 0) is 4.74 Å². The van der Waals surface area contributed by atoms with Gasteiger partial charge in [-0.2, -0.15) is 0 Å². The normalized spacial score (nSPS) is 11.3. The average molecular weight is 352 g/mol. The lowest BCUT2D eigenvalue weighted by Crippen LogP contribution is -2.03. The minimum Gasteiger partial charge on any atom is -0.465 e. The molecular weight excluding hydrogens is 336 g/mol. The molecule has 0 saturated heterocycles. The number of carbonyl (C=O) groups is 1. The Hall–Kier alpha value is -3.66. The molecule has 3 aromatic carbocycles. The summed E-state index contributed by atoms with van der Waals surface area (Å²) in [4.78, 5) is 20.0. The van der Waals surface area contributed by atoms with Gasteiger partial charge in [-0.05, 0) is 40.1 Å². The molecule has 27 heavy (non-hydrogen) atoms. The number of aromatic amines is 1. The molecule has 4 heteroatoms. The van der Waals surface area contributed by atoms with Crippen LogP contribution in [0.15, 0.2) is 73.1 Å². The molecule has 0 bridgehead atoms. The molecule has 130 valence electrons. The summed E-state index contributed by atoms with van der Waals surface area (Å²) in [5.41, 5.74) is 4.43. The predicted molar refractivity (Wildman–Crippen MR) is 108 cm³/mol. The topological polar surface area (TPSA) is 55.0 Å². The maximum Gasteiger partial charge on any atom is 0.338 e. The zero-order valence-corrected chi connectivity index (χ0v) is 14.7. The molecule has 0 amide bonds. The van der Waals surface area contributed by atoms with Crippen LogP contribution in [-0.4, -0.2) is 23.0 Å². The van der Waals surface area contributed by atoms with Crippen molar-refractivity contribution in [2.24, 2.45) is 0 Å². The first-order valence-corrected chi connectivity index (χ1v) is 8.73. The molecule has 0 fully saturated rings. The van der Waals surface area contributed by atoms with Crippen molar-refractivity contribution in [3.05, 3.63) is 78.6 Å². The fraction of sp³-hybridized carbons (Fsp3) is 0.0435. The molecule has 0 aliphatic heterocycles. The summed E-state index contributed by atoms with van der Waals surface area (Å²) in [6.07, 6.45) is 3.65. The van der Waals surface area contributed by atoms with Gasteiger partial charge < -0.3 is 9.72 Å². The predicted octanol–water partition coefficient (Wildman–Crippen LogP) is 5.32. The third-order valence-corrected chi connectivity index (χ3v) is 5.03. The number of carbonyl (C=O) groups excluding carboxylic acids is 1. The third-order valence-electron chi connectivity index (χ3n) is 5.03. The highest BCUT2D eigenvalue weighted by molar-refractivity contribution is 6.23. The molecule has 0 radical (unpaired) electrons. The van der Waals surface area contributed by atoms with Crippen LogP contribution in [0.5, 0.6) is 0 Å². The maximum atomic E-state index is 12.3. The summed E-state index contributed by atoms with van der Waals surface area (Å²) < 4.78 is 4.99. The average Bonchev–Trinajstić information content (AvgIpc) is 3.11. The molecule has 0 unspecified atom stereocenters. The van der Waals surface area contributed by atoms with Gasteiger partial charge in [-0.3, -0.25) is 4.98 Å². The summed E-state index contributed by atoms with van der Waals surface area (Å²) >= 11 is 0. The third kappa shape index (κ3) is 2.30. The Kier molecular flexibility index (Phi) is 3.44. The van der Waals surface area contributed by atoms with E-state index < -0.39 is 0 Å². The molecule has 5 rings (SSSR count). The van der Waals surface area contributed by atoms with E-state index in [1.165, 1.54) is 12.5 Å². The number of nitrogens with one attached hydrogen (secondary N) is 1. The van der Waals surface area contributed by atoms with Crippen molar-refractivity contribution in [2.45, 2.75) is 0 Å². The molecule has 0 aliphatic carbocycles. The fourth-order valence-electron chi connectivity index (χ4n) is 3.85. The van der Waals surface area contributed by atoms with E-state index in [-0.39, 0.29) is 5.97 Å². The number of aromatic nitrogens is 2. The summed E-state index contributed by atoms with van der Waals surface area (Å²) in [5, 5.41) is 4.55. The van der Waals surface area contributed by atoms with Crippen molar-refractivity contribution in [1.29, 1.82) is 0 Å². The molecule has 1 N–H and O–H groups in total. The van der Waals surface area contributed by atoms with E-state index in [2.05, 4.69) is 28.2 Å². The highest BCUT2D eigenvalue weighted by Crippen LogP contribution is 2.39. The number of esters is 1. The van der Waals surface area contributed by atoms with Crippen molar-refractivity contribution < 1.29 is 9.53 Å². The van der Waals surface area contributed by atoms with Crippen LogP contribution >= 0.6 is 0 Å². The summed E-state index contributed by atoms with van der Waals surface area (Å²) in [7, 11) is 1.41. The van der Waals surface area contributed by atoms with Gasteiger partial charge in [-0.1, -0.05) is 42.5 Å². The number of methoxy groups -OCH3 is 1. The molecule has 0 atom stereocenters. The molecule has 5 aromatic rings. The number of hydrogen-bond acceptors (Lipinski definition) is 3. The first kappa shape index (κ1) is 15.6. The first-order valence-electron chi connectivity index (χ1n) is 8.73. The van der Waals surface area contributed by atoms with E-state index in [4.69, 9.17) is 4.74 Å². The minimum atomic E-state index is -0.337. The van der Waals surface area contributed by atoms with E-state index in [1.807, 2.05) is 48.8 Å². The van der Waals surface area contributed by atoms with Gasteiger partial charge in [0.05, 0.1) is 24.4 Å². The van der Waals surface area contributed by atoms with E-state index >= 15 is 0 Å². The molecule has 0 spiro atoms. The summed E-state index contributed by atoms with van der Waals surface area (Å²) in [5.74, 6) is -0.337. The van der Waals surface area contributed by atoms with Gasteiger partial charge >= 0.3 is 5.97 Å². The number of ether oxygens (including phenoxy) is 1. The van der Waals surface area contributed by atoms with Crippen molar-refractivity contribution in [1.82, 2.24) is 9.97 Å². The molecule has 2 heterocycles. The van der Waals surface area contributed by atoms with Crippen LogP contribution in [0.2, 0.25) is 0 Å².